The standard InChI is InChI=1S/C21H28N2O5S/c1-16-10-11-20(28-3)19(13-16)23(29(4,25)26)15-21(24)22-12-6-8-17-7-5-9-18(14-17)27-2/h5,7,9-11,13-14H,6,8,12,15H2,1-4H3,(H,22,24). The van der Waals surface area contributed by atoms with Crippen LogP contribution in [0.3, 0.4) is 0 Å². The number of benzene rings is 2. The van der Waals surface area contributed by atoms with Crippen molar-refractivity contribution in [3.05, 3.63) is 53.6 Å². The third-order valence-corrected chi connectivity index (χ3v) is 5.52. The van der Waals surface area contributed by atoms with Gasteiger partial charge in [-0.2, -0.15) is 0 Å². The first kappa shape index (κ1) is 22.5. The molecule has 0 aliphatic heterocycles. The number of sulfonamides is 1. The molecule has 1 amide bonds. The van der Waals surface area contributed by atoms with Crippen molar-refractivity contribution in [2.45, 2.75) is 19.8 Å². The fraction of sp³-hybridized carbons (Fsp3) is 0.381. The van der Waals surface area contributed by atoms with Crippen molar-refractivity contribution in [3.63, 3.8) is 0 Å². The zero-order chi connectivity index (χ0) is 21.4. The van der Waals surface area contributed by atoms with Gasteiger partial charge in [0, 0.05) is 6.54 Å². The van der Waals surface area contributed by atoms with Gasteiger partial charge in [0.1, 0.15) is 18.0 Å². The quantitative estimate of drug-likeness (QED) is 0.597. The van der Waals surface area contributed by atoms with E-state index in [2.05, 4.69) is 5.32 Å². The Balaban J connectivity index is 1.98. The van der Waals surface area contributed by atoms with Crippen molar-refractivity contribution in [2.75, 3.05) is 37.9 Å². The molecule has 7 nitrogen and oxygen atoms in total. The number of carbonyl (C=O) groups is 1. The van der Waals surface area contributed by atoms with E-state index in [0.717, 1.165) is 40.3 Å². The average molecular weight is 421 g/mol. The summed E-state index contributed by atoms with van der Waals surface area (Å²) >= 11 is 0. The number of nitrogens with one attached hydrogen (secondary N) is 1. The summed E-state index contributed by atoms with van der Waals surface area (Å²) in [7, 11) is -0.578. The van der Waals surface area contributed by atoms with Crippen LogP contribution < -0.4 is 19.1 Å². The van der Waals surface area contributed by atoms with Crippen LogP contribution in [-0.4, -0.2) is 47.9 Å². The number of nitrogens with zero attached hydrogens (tertiary/aromatic N) is 1. The maximum absolute atomic E-state index is 12.4. The Morgan fingerprint density at radius 2 is 1.86 bits per heavy atom. The zero-order valence-electron chi connectivity index (χ0n) is 17.3. The van der Waals surface area contributed by atoms with Gasteiger partial charge in [0.2, 0.25) is 15.9 Å². The lowest BCUT2D eigenvalue weighted by Gasteiger charge is -2.24. The summed E-state index contributed by atoms with van der Waals surface area (Å²) < 4.78 is 36.1. The number of hydrogen-bond donors (Lipinski definition) is 1. The second kappa shape index (κ2) is 10.2. The molecule has 0 radical (unpaired) electrons. The van der Waals surface area contributed by atoms with E-state index in [4.69, 9.17) is 9.47 Å². The summed E-state index contributed by atoms with van der Waals surface area (Å²) in [5.41, 5.74) is 2.33. The van der Waals surface area contributed by atoms with E-state index in [1.54, 1.807) is 19.2 Å². The summed E-state index contributed by atoms with van der Waals surface area (Å²) in [6.07, 6.45) is 2.58. The third kappa shape index (κ3) is 6.67. The second-order valence-electron chi connectivity index (χ2n) is 6.75. The molecule has 0 saturated carbocycles. The highest BCUT2D eigenvalue weighted by atomic mass is 32.2. The first-order chi connectivity index (χ1) is 13.7. The van der Waals surface area contributed by atoms with Gasteiger partial charge in [-0.15, -0.1) is 0 Å². The molecule has 0 saturated heterocycles. The Kier molecular flexibility index (Phi) is 7.90. The molecule has 0 bridgehead atoms. The first-order valence-corrected chi connectivity index (χ1v) is 11.1. The van der Waals surface area contributed by atoms with Crippen molar-refractivity contribution in [1.29, 1.82) is 0 Å². The fourth-order valence-electron chi connectivity index (χ4n) is 2.91. The molecule has 1 N–H and O–H groups in total. The van der Waals surface area contributed by atoms with Crippen LogP contribution in [0.2, 0.25) is 0 Å². The lowest BCUT2D eigenvalue weighted by molar-refractivity contribution is -0.119. The number of amides is 1. The monoisotopic (exact) mass is 420 g/mol. The smallest absolute Gasteiger partial charge is 0.240 e. The van der Waals surface area contributed by atoms with E-state index in [1.807, 2.05) is 37.3 Å². The molecule has 29 heavy (non-hydrogen) atoms. The van der Waals surface area contributed by atoms with Crippen LogP contribution in [0.25, 0.3) is 0 Å². The highest BCUT2D eigenvalue weighted by Crippen LogP contribution is 2.30. The summed E-state index contributed by atoms with van der Waals surface area (Å²) in [4.78, 5) is 12.4. The molecule has 0 heterocycles. The molecule has 0 fully saturated rings. The van der Waals surface area contributed by atoms with Crippen LogP contribution in [0.4, 0.5) is 5.69 Å². The Labute approximate surface area is 172 Å². The van der Waals surface area contributed by atoms with E-state index >= 15 is 0 Å². The fourth-order valence-corrected chi connectivity index (χ4v) is 3.76. The van der Waals surface area contributed by atoms with Gasteiger partial charge in [-0.25, -0.2) is 8.42 Å². The summed E-state index contributed by atoms with van der Waals surface area (Å²) in [6.45, 7) is 1.98. The van der Waals surface area contributed by atoms with Crippen molar-refractivity contribution in [3.8, 4) is 11.5 Å². The van der Waals surface area contributed by atoms with Crippen LogP contribution in [0.5, 0.6) is 11.5 Å². The number of hydrogen-bond acceptors (Lipinski definition) is 5. The minimum atomic E-state index is -3.67. The normalized spacial score (nSPS) is 11.0. The average Bonchev–Trinajstić information content (AvgIpc) is 2.68. The van der Waals surface area contributed by atoms with Crippen LogP contribution in [0, 0.1) is 6.92 Å². The Morgan fingerprint density at radius 3 is 2.52 bits per heavy atom. The minimum Gasteiger partial charge on any atom is -0.497 e. The number of aryl methyl sites for hydroxylation is 2. The number of ether oxygens (including phenoxy) is 2. The molecule has 0 unspecified atom stereocenters. The van der Waals surface area contributed by atoms with Crippen LogP contribution in [0.1, 0.15) is 17.5 Å². The zero-order valence-corrected chi connectivity index (χ0v) is 18.1. The Bertz CT molecular complexity index is 944. The summed E-state index contributed by atoms with van der Waals surface area (Å²) in [6, 6.07) is 13.0. The van der Waals surface area contributed by atoms with Crippen molar-refractivity contribution in [1.82, 2.24) is 5.32 Å². The Morgan fingerprint density at radius 1 is 1.10 bits per heavy atom. The molecule has 2 aromatic rings. The minimum absolute atomic E-state index is 0.308. The van der Waals surface area contributed by atoms with Crippen LogP contribution in [-0.2, 0) is 21.2 Å². The van der Waals surface area contributed by atoms with E-state index in [-0.39, 0.29) is 12.5 Å². The maximum Gasteiger partial charge on any atom is 0.240 e. The molecule has 0 aromatic heterocycles. The highest BCUT2D eigenvalue weighted by Gasteiger charge is 2.24. The molecule has 2 aromatic carbocycles. The predicted molar refractivity (Wildman–Crippen MR) is 114 cm³/mol. The summed E-state index contributed by atoms with van der Waals surface area (Å²) in [5, 5.41) is 2.79. The van der Waals surface area contributed by atoms with E-state index < -0.39 is 10.0 Å². The van der Waals surface area contributed by atoms with Gasteiger partial charge in [-0.05, 0) is 55.2 Å². The van der Waals surface area contributed by atoms with E-state index in [9.17, 15) is 13.2 Å². The van der Waals surface area contributed by atoms with Gasteiger partial charge >= 0.3 is 0 Å². The molecule has 0 aliphatic rings. The van der Waals surface area contributed by atoms with Crippen molar-refractivity contribution in [2.24, 2.45) is 0 Å². The van der Waals surface area contributed by atoms with Crippen LogP contribution >= 0.6 is 0 Å². The van der Waals surface area contributed by atoms with Crippen molar-refractivity contribution < 1.29 is 22.7 Å². The second-order valence-corrected chi connectivity index (χ2v) is 8.66. The SMILES string of the molecule is COc1cccc(CCCNC(=O)CN(c2cc(C)ccc2OC)S(C)(=O)=O)c1. The van der Waals surface area contributed by atoms with E-state index in [1.165, 1.54) is 7.11 Å². The molecular formula is C21H28N2O5S. The molecule has 2 rings (SSSR count). The lowest BCUT2D eigenvalue weighted by Crippen LogP contribution is -2.40. The maximum atomic E-state index is 12.4. The van der Waals surface area contributed by atoms with Gasteiger partial charge < -0.3 is 14.8 Å². The third-order valence-electron chi connectivity index (χ3n) is 4.39. The number of carbonyl (C=O) groups excluding carboxylic acids is 1. The van der Waals surface area contributed by atoms with Crippen molar-refractivity contribution >= 4 is 21.6 Å². The van der Waals surface area contributed by atoms with Crippen LogP contribution in [0.15, 0.2) is 42.5 Å². The number of methoxy groups -OCH3 is 2. The van der Waals surface area contributed by atoms with E-state index in [0.29, 0.717) is 18.0 Å². The van der Waals surface area contributed by atoms with Gasteiger partial charge in [0.25, 0.3) is 0 Å². The molecule has 158 valence electrons. The Hall–Kier alpha value is -2.74. The number of rotatable bonds is 10. The van der Waals surface area contributed by atoms with Gasteiger partial charge in [-0.1, -0.05) is 18.2 Å². The molecule has 0 aliphatic carbocycles. The topological polar surface area (TPSA) is 84.9 Å². The largest absolute Gasteiger partial charge is 0.497 e. The molecule has 0 spiro atoms. The first-order valence-electron chi connectivity index (χ1n) is 9.26. The molecule has 8 heteroatoms. The van der Waals surface area contributed by atoms with Gasteiger partial charge in [-0.3, -0.25) is 9.10 Å². The predicted octanol–water partition coefficient (Wildman–Crippen LogP) is 2.53. The highest BCUT2D eigenvalue weighted by molar-refractivity contribution is 7.92. The van der Waals surface area contributed by atoms with Gasteiger partial charge in [0.05, 0.1) is 26.2 Å². The number of anilines is 1. The molecule has 0 atom stereocenters. The lowest BCUT2D eigenvalue weighted by atomic mass is 10.1. The van der Waals surface area contributed by atoms with Gasteiger partial charge in [0.15, 0.2) is 0 Å². The molecular weight excluding hydrogens is 392 g/mol. The summed E-state index contributed by atoms with van der Waals surface area (Å²) in [5.74, 6) is 0.818.